The van der Waals surface area contributed by atoms with Gasteiger partial charge in [0.15, 0.2) is 5.43 Å². The molecule has 4 nitrogen and oxygen atoms in total. The third-order valence-electron chi connectivity index (χ3n) is 3.29. The number of aryl methyl sites for hydroxylation is 2. The van der Waals surface area contributed by atoms with Gasteiger partial charge in [0.05, 0.1) is 18.3 Å². The molecule has 0 unspecified atom stereocenters. The van der Waals surface area contributed by atoms with E-state index in [1.165, 1.54) is 11.3 Å². The van der Waals surface area contributed by atoms with E-state index >= 15 is 0 Å². The van der Waals surface area contributed by atoms with Crippen LogP contribution in [0.25, 0.3) is 21.6 Å². The van der Waals surface area contributed by atoms with E-state index in [2.05, 4.69) is 9.97 Å². The van der Waals surface area contributed by atoms with Crippen LogP contribution in [-0.4, -0.2) is 17.1 Å². The Hall–Kier alpha value is -2.14. The van der Waals surface area contributed by atoms with Crippen LogP contribution < -0.4 is 10.2 Å². The van der Waals surface area contributed by atoms with E-state index in [4.69, 9.17) is 4.74 Å². The molecule has 0 saturated carbocycles. The lowest BCUT2D eigenvalue weighted by Gasteiger charge is -2.09. The molecule has 0 atom stereocenters. The van der Waals surface area contributed by atoms with Crippen molar-refractivity contribution >= 4 is 22.2 Å². The van der Waals surface area contributed by atoms with E-state index in [0.29, 0.717) is 5.39 Å². The van der Waals surface area contributed by atoms with Crippen molar-refractivity contribution in [3.05, 3.63) is 45.1 Å². The maximum absolute atomic E-state index is 12.2. The molecule has 0 bridgehead atoms. The summed E-state index contributed by atoms with van der Waals surface area (Å²) in [6.45, 7) is 3.88. The molecule has 2 heterocycles. The molecule has 0 radical (unpaired) electrons. The number of benzene rings is 1. The first-order valence-electron chi connectivity index (χ1n) is 6.23. The summed E-state index contributed by atoms with van der Waals surface area (Å²) in [5.74, 6) is 0.764. The predicted molar refractivity (Wildman–Crippen MR) is 81.7 cm³/mol. The van der Waals surface area contributed by atoms with Crippen molar-refractivity contribution in [1.82, 2.24) is 9.97 Å². The minimum atomic E-state index is -0.00708. The van der Waals surface area contributed by atoms with Crippen molar-refractivity contribution in [2.75, 3.05) is 7.11 Å². The minimum Gasteiger partial charge on any atom is -0.496 e. The molecule has 0 aliphatic carbocycles. The number of aromatic amines is 1. The summed E-state index contributed by atoms with van der Waals surface area (Å²) >= 11 is 1.52. The van der Waals surface area contributed by atoms with Gasteiger partial charge in [0.25, 0.3) is 0 Å². The molecule has 0 fully saturated rings. The summed E-state index contributed by atoms with van der Waals surface area (Å²) in [4.78, 5) is 20.0. The molecule has 20 heavy (non-hydrogen) atoms. The Morgan fingerprint density at radius 3 is 2.75 bits per heavy atom. The normalized spacial score (nSPS) is 10.9. The molecule has 0 amide bonds. The second kappa shape index (κ2) is 4.76. The van der Waals surface area contributed by atoms with Gasteiger partial charge in [0.2, 0.25) is 0 Å². The molecule has 0 spiro atoms. The lowest BCUT2D eigenvalue weighted by Crippen LogP contribution is -2.04. The van der Waals surface area contributed by atoms with Crippen molar-refractivity contribution in [2.45, 2.75) is 13.8 Å². The van der Waals surface area contributed by atoms with Crippen LogP contribution in [0.2, 0.25) is 0 Å². The Morgan fingerprint density at radius 1 is 1.30 bits per heavy atom. The first kappa shape index (κ1) is 12.9. The number of rotatable bonds is 2. The van der Waals surface area contributed by atoms with Crippen molar-refractivity contribution < 1.29 is 4.74 Å². The number of pyridine rings is 1. The standard InChI is InChI=1S/C15H14N2O2S/c1-8-7-20-15(16-8)11-6-12(18)10-4-5-13(19-3)9(2)14(10)17-11/h4-7H,1-3H3,(H,17,18). The number of nitrogens with one attached hydrogen (secondary N) is 1. The fraction of sp³-hybridized carbons (Fsp3) is 0.200. The fourth-order valence-corrected chi connectivity index (χ4v) is 3.02. The van der Waals surface area contributed by atoms with E-state index in [0.717, 1.165) is 33.2 Å². The SMILES string of the molecule is COc1ccc2c(=O)cc(-c3nc(C)cs3)[nH]c2c1C. The molecular weight excluding hydrogens is 272 g/mol. The largest absolute Gasteiger partial charge is 0.496 e. The van der Waals surface area contributed by atoms with Crippen molar-refractivity contribution in [3.8, 4) is 16.5 Å². The van der Waals surface area contributed by atoms with Crippen LogP contribution >= 0.6 is 11.3 Å². The average molecular weight is 286 g/mol. The van der Waals surface area contributed by atoms with Gasteiger partial charge < -0.3 is 9.72 Å². The summed E-state index contributed by atoms with van der Waals surface area (Å²) in [6.07, 6.45) is 0. The molecule has 0 aliphatic heterocycles. The van der Waals surface area contributed by atoms with Gasteiger partial charge in [0, 0.05) is 28.1 Å². The second-order valence-electron chi connectivity index (χ2n) is 4.66. The Labute approximate surface area is 120 Å². The molecule has 3 rings (SSSR count). The highest BCUT2D eigenvalue weighted by Gasteiger charge is 2.11. The topological polar surface area (TPSA) is 55.0 Å². The number of methoxy groups -OCH3 is 1. The van der Waals surface area contributed by atoms with E-state index in [-0.39, 0.29) is 5.43 Å². The Kier molecular flexibility index (Phi) is 3.06. The van der Waals surface area contributed by atoms with E-state index in [1.807, 2.05) is 25.3 Å². The van der Waals surface area contributed by atoms with Crippen LogP contribution in [0.1, 0.15) is 11.3 Å². The lowest BCUT2D eigenvalue weighted by molar-refractivity contribution is 0.412. The smallest absolute Gasteiger partial charge is 0.190 e. The molecule has 1 aromatic carbocycles. The first-order valence-corrected chi connectivity index (χ1v) is 7.11. The van der Waals surface area contributed by atoms with Crippen LogP contribution in [-0.2, 0) is 0 Å². The van der Waals surface area contributed by atoms with Gasteiger partial charge in [-0.3, -0.25) is 4.79 Å². The minimum absolute atomic E-state index is 0.00708. The number of hydrogen-bond acceptors (Lipinski definition) is 4. The van der Waals surface area contributed by atoms with Crippen LogP contribution in [0.4, 0.5) is 0 Å². The summed E-state index contributed by atoms with van der Waals surface area (Å²) in [5, 5.41) is 3.46. The predicted octanol–water partition coefficient (Wildman–Crippen LogP) is 3.28. The zero-order valence-corrected chi connectivity index (χ0v) is 12.3. The quantitative estimate of drug-likeness (QED) is 0.786. The number of H-pyrrole nitrogens is 1. The van der Waals surface area contributed by atoms with Gasteiger partial charge in [0.1, 0.15) is 10.8 Å². The number of ether oxygens (including phenoxy) is 1. The molecule has 0 aliphatic rings. The number of nitrogens with zero attached hydrogens (tertiary/aromatic N) is 1. The van der Waals surface area contributed by atoms with Crippen molar-refractivity contribution in [1.29, 1.82) is 0 Å². The Balaban J connectivity index is 2.32. The van der Waals surface area contributed by atoms with E-state index in [9.17, 15) is 4.79 Å². The van der Waals surface area contributed by atoms with Crippen LogP contribution in [0, 0.1) is 13.8 Å². The second-order valence-corrected chi connectivity index (χ2v) is 5.51. The summed E-state index contributed by atoms with van der Waals surface area (Å²) in [7, 11) is 1.63. The van der Waals surface area contributed by atoms with Crippen LogP contribution in [0.5, 0.6) is 5.75 Å². The first-order chi connectivity index (χ1) is 9.60. The molecule has 102 valence electrons. The lowest BCUT2D eigenvalue weighted by atomic mass is 10.1. The molecular formula is C15H14N2O2S. The number of thiazole rings is 1. The van der Waals surface area contributed by atoms with Crippen LogP contribution in [0.3, 0.4) is 0 Å². The average Bonchev–Trinajstić information content (AvgIpc) is 2.86. The highest BCUT2D eigenvalue weighted by atomic mass is 32.1. The highest BCUT2D eigenvalue weighted by molar-refractivity contribution is 7.13. The monoisotopic (exact) mass is 286 g/mol. The van der Waals surface area contributed by atoms with E-state index in [1.54, 1.807) is 19.2 Å². The summed E-state index contributed by atoms with van der Waals surface area (Å²) < 4.78 is 5.31. The maximum atomic E-state index is 12.2. The molecule has 1 N–H and O–H groups in total. The fourth-order valence-electron chi connectivity index (χ4n) is 2.25. The van der Waals surface area contributed by atoms with Gasteiger partial charge >= 0.3 is 0 Å². The number of hydrogen-bond donors (Lipinski definition) is 1. The highest BCUT2D eigenvalue weighted by Crippen LogP contribution is 2.27. The number of aromatic nitrogens is 2. The van der Waals surface area contributed by atoms with Gasteiger partial charge in [-0.25, -0.2) is 4.98 Å². The van der Waals surface area contributed by atoms with Crippen LogP contribution in [0.15, 0.2) is 28.4 Å². The Morgan fingerprint density at radius 2 is 2.10 bits per heavy atom. The van der Waals surface area contributed by atoms with Gasteiger partial charge in [-0.05, 0) is 26.0 Å². The van der Waals surface area contributed by atoms with Gasteiger partial charge in [-0.2, -0.15) is 0 Å². The molecule has 3 aromatic rings. The van der Waals surface area contributed by atoms with Gasteiger partial charge in [-0.15, -0.1) is 11.3 Å². The summed E-state index contributed by atoms with van der Waals surface area (Å²) in [6, 6.07) is 5.21. The molecule has 0 saturated heterocycles. The number of fused-ring (bicyclic) bond motifs is 1. The van der Waals surface area contributed by atoms with Gasteiger partial charge in [-0.1, -0.05) is 0 Å². The Bertz CT molecular complexity index is 849. The third-order valence-corrected chi connectivity index (χ3v) is 4.28. The van der Waals surface area contributed by atoms with Crippen molar-refractivity contribution in [2.24, 2.45) is 0 Å². The molecule has 5 heteroatoms. The van der Waals surface area contributed by atoms with E-state index < -0.39 is 0 Å². The maximum Gasteiger partial charge on any atom is 0.190 e. The third kappa shape index (κ3) is 2.00. The summed E-state index contributed by atoms with van der Waals surface area (Å²) in [5.41, 5.74) is 3.43. The molecule has 2 aromatic heterocycles. The zero-order chi connectivity index (χ0) is 14.3. The van der Waals surface area contributed by atoms with Crippen molar-refractivity contribution in [3.63, 3.8) is 0 Å². The zero-order valence-electron chi connectivity index (χ0n) is 11.5.